The number of carbonyl (C=O) groups is 1. The van der Waals surface area contributed by atoms with Gasteiger partial charge in [-0.3, -0.25) is 9.78 Å². The second-order valence-electron chi connectivity index (χ2n) is 6.75. The third kappa shape index (κ3) is 4.26. The molecule has 9 heteroatoms. The van der Waals surface area contributed by atoms with E-state index in [1.807, 2.05) is 24.3 Å². The quantitative estimate of drug-likeness (QED) is 0.459. The summed E-state index contributed by atoms with van der Waals surface area (Å²) in [6, 6.07) is 16.2. The lowest BCUT2D eigenvalue weighted by atomic mass is 10.1. The smallest absolute Gasteiger partial charge is 0.274 e. The van der Waals surface area contributed by atoms with Gasteiger partial charge in [-0.2, -0.15) is 0 Å². The van der Waals surface area contributed by atoms with Crippen LogP contribution in [0.3, 0.4) is 0 Å². The summed E-state index contributed by atoms with van der Waals surface area (Å²) >= 11 is 6.38. The maximum atomic E-state index is 13.1. The Morgan fingerprint density at radius 3 is 2.66 bits per heavy atom. The maximum absolute atomic E-state index is 13.1. The van der Waals surface area contributed by atoms with Gasteiger partial charge in [0.2, 0.25) is 0 Å². The van der Waals surface area contributed by atoms with Gasteiger partial charge in [0.25, 0.3) is 5.91 Å². The van der Waals surface area contributed by atoms with Crippen molar-refractivity contribution < 1.29 is 14.3 Å². The van der Waals surface area contributed by atoms with E-state index in [2.05, 4.69) is 20.6 Å². The minimum Gasteiger partial charge on any atom is -0.497 e. The number of rotatable bonds is 7. The average Bonchev–Trinajstić information content (AvgIpc) is 3.28. The number of halogens is 1. The van der Waals surface area contributed by atoms with Crippen molar-refractivity contribution >= 4 is 17.5 Å². The summed E-state index contributed by atoms with van der Waals surface area (Å²) in [5.41, 5.74) is 2.69. The number of aromatic nitrogens is 4. The zero-order valence-electron chi connectivity index (χ0n) is 17.4. The van der Waals surface area contributed by atoms with Gasteiger partial charge in [-0.1, -0.05) is 28.9 Å². The van der Waals surface area contributed by atoms with Crippen LogP contribution in [0, 0.1) is 0 Å². The number of ether oxygens (including phenoxy) is 2. The van der Waals surface area contributed by atoms with Crippen molar-refractivity contribution in [2.75, 3.05) is 14.2 Å². The minimum atomic E-state index is -0.396. The Hall–Kier alpha value is -3.91. The van der Waals surface area contributed by atoms with Crippen LogP contribution < -0.4 is 14.8 Å². The van der Waals surface area contributed by atoms with Crippen LogP contribution in [0.1, 0.15) is 16.1 Å². The van der Waals surface area contributed by atoms with Crippen molar-refractivity contribution in [3.8, 4) is 28.4 Å². The molecule has 0 fully saturated rings. The molecule has 0 atom stereocenters. The molecule has 0 aliphatic rings. The summed E-state index contributed by atoms with van der Waals surface area (Å²) in [5.74, 6) is 0.904. The highest BCUT2D eigenvalue weighted by atomic mass is 35.5. The number of nitrogens with one attached hydrogen (secondary N) is 1. The van der Waals surface area contributed by atoms with Crippen LogP contribution in [-0.2, 0) is 6.54 Å². The molecule has 4 aromatic rings. The highest BCUT2D eigenvalue weighted by Crippen LogP contribution is 2.28. The highest BCUT2D eigenvalue weighted by Gasteiger charge is 2.23. The summed E-state index contributed by atoms with van der Waals surface area (Å²) in [6.07, 6.45) is 3.30. The number of pyridine rings is 1. The molecule has 0 unspecified atom stereocenters. The molecule has 162 valence electrons. The topological polar surface area (TPSA) is 91.2 Å². The van der Waals surface area contributed by atoms with Crippen LogP contribution in [0.25, 0.3) is 16.9 Å². The van der Waals surface area contributed by atoms with Crippen LogP contribution in [-0.4, -0.2) is 40.1 Å². The summed E-state index contributed by atoms with van der Waals surface area (Å²) in [7, 11) is 3.15. The summed E-state index contributed by atoms with van der Waals surface area (Å²) < 4.78 is 12.2. The Labute approximate surface area is 189 Å². The molecule has 0 aliphatic carbocycles. The van der Waals surface area contributed by atoms with Gasteiger partial charge in [0.15, 0.2) is 5.69 Å². The fourth-order valence-electron chi connectivity index (χ4n) is 3.27. The first kappa shape index (κ1) is 21.3. The van der Waals surface area contributed by atoms with Crippen LogP contribution in [0.15, 0.2) is 67.0 Å². The normalized spacial score (nSPS) is 10.6. The van der Waals surface area contributed by atoms with E-state index in [1.165, 1.54) is 0 Å². The Morgan fingerprint density at radius 2 is 1.94 bits per heavy atom. The average molecular weight is 450 g/mol. The third-order valence-corrected chi connectivity index (χ3v) is 5.15. The monoisotopic (exact) mass is 449 g/mol. The molecule has 0 spiro atoms. The van der Waals surface area contributed by atoms with E-state index in [9.17, 15) is 4.79 Å². The lowest BCUT2D eigenvalue weighted by Gasteiger charge is -2.12. The van der Waals surface area contributed by atoms with Crippen LogP contribution in [0.4, 0.5) is 0 Å². The van der Waals surface area contributed by atoms with E-state index >= 15 is 0 Å². The van der Waals surface area contributed by atoms with E-state index in [4.69, 9.17) is 21.1 Å². The molecule has 2 aromatic carbocycles. The third-order valence-electron chi connectivity index (χ3n) is 4.83. The van der Waals surface area contributed by atoms with Gasteiger partial charge in [-0.05, 0) is 42.5 Å². The van der Waals surface area contributed by atoms with Crippen molar-refractivity contribution in [3.63, 3.8) is 0 Å². The molecule has 1 amide bonds. The predicted octanol–water partition coefficient (Wildman–Crippen LogP) is 3.93. The van der Waals surface area contributed by atoms with Crippen LogP contribution in [0.2, 0.25) is 5.02 Å². The van der Waals surface area contributed by atoms with Crippen molar-refractivity contribution in [2.45, 2.75) is 6.54 Å². The summed E-state index contributed by atoms with van der Waals surface area (Å²) in [6.45, 7) is 0.213. The number of methoxy groups -OCH3 is 2. The fraction of sp³-hybridized carbons (Fsp3) is 0.130. The van der Waals surface area contributed by atoms with Crippen molar-refractivity contribution in [3.05, 3.63) is 83.3 Å². The number of carbonyl (C=O) groups excluding carboxylic acids is 1. The Kier molecular flexibility index (Phi) is 6.32. The van der Waals surface area contributed by atoms with E-state index in [0.29, 0.717) is 33.5 Å². The first-order valence-corrected chi connectivity index (χ1v) is 10.1. The number of benzene rings is 2. The number of nitrogens with zero attached hydrogens (tertiary/aromatic N) is 4. The van der Waals surface area contributed by atoms with Gasteiger partial charge in [0, 0.05) is 30.1 Å². The van der Waals surface area contributed by atoms with E-state index in [1.54, 1.807) is 61.6 Å². The van der Waals surface area contributed by atoms with Gasteiger partial charge in [0.05, 0.1) is 24.9 Å². The molecular weight excluding hydrogens is 430 g/mol. The molecule has 8 nitrogen and oxygen atoms in total. The predicted molar refractivity (Wildman–Crippen MR) is 120 cm³/mol. The van der Waals surface area contributed by atoms with Gasteiger partial charge >= 0.3 is 0 Å². The van der Waals surface area contributed by atoms with Gasteiger partial charge in [-0.25, -0.2) is 4.68 Å². The lowest BCUT2D eigenvalue weighted by molar-refractivity contribution is 0.0946. The second-order valence-corrected chi connectivity index (χ2v) is 7.16. The van der Waals surface area contributed by atoms with Gasteiger partial charge in [-0.15, -0.1) is 5.10 Å². The number of hydrogen-bond acceptors (Lipinski definition) is 6. The maximum Gasteiger partial charge on any atom is 0.274 e. The van der Waals surface area contributed by atoms with Crippen molar-refractivity contribution in [1.29, 1.82) is 0 Å². The largest absolute Gasteiger partial charge is 0.497 e. The van der Waals surface area contributed by atoms with E-state index < -0.39 is 5.91 Å². The summed E-state index contributed by atoms with van der Waals surface area (Å²) in [4.78, 5) is 17.3. The lowest BCUT2D eigenvalue weighted by Crippen LogP contribution is -2.24. The number of amides is 1. The standard InChI is InChI=1S/C23H20ClN5O3/c1-31-17-9-10-20(32-2)16(12-17)14-26-23(30)21-22(15-6-5-11-25-13-15)29(28-27-21)19-8-4-3-7-18(19)24/h3-13H,14H2,1-2H3,(H,26,30). The van der Waals surface area contributed by atoms with Gasteiger partial charge in [0.1, 0.15) is 17.2 Å². The molecule has 0 radical (unpaired) electrons. The molecule has 1 N–H and O–H groups in total. The number of hydrogen-bond donors (Lipinski definition) is 1. The Balaban J connectivity index is 1.70. The van der Waals surface area contributed by atoms with Crippen LogP contribution >= 0.6 is 11.6 Å². The molecule has 0 bridgehead atoms. The number of para-hydroxylation sites is 1. The highest BCUT2D eigenvalue weighted by molar-refractivity contribution is 6.32. The van der Waals surface area contributed by atoms with Gasteiger partial charge < -0.3 is 14.8 Å². The molecule has 4 rings (SSSR count). The Bertz CT molecular complexity index is 1240. The first-order valence-electron chi connectivity index (χ1n) is 9.72. The van der Waals surface area contributed by atoms with Crippen molar-refractivity contribution in [1.82, 2.24) is 25.3 Å². The SMILES string of the molecule is COc1ccc(OC)c(CNC(=O)c2nnn(-c3ccccc3Cl)c2-c2cccnc2)c1. The molecule has 0 aliphatic heterocycles. The molecule has 2 heterocycles. The zero-order chi connectivity index (χ0) is 22.5. The molecule has 2 aromatic heterocycles. The molecule has 32 heavy (non-hydrogen) atoms. The zero-order valence-corrected chi connectivity index (χ0v) is 18.2. The minimum absolute atomic E-state index is 0.153. The summed E-state index contributed by atoms with van der Waals surface area (Å²) in [5, 5.41) is 11.7. The first-order chi connectivity index (χ1) is 15.6. The van der Waals surface area contributed by atoms with E-state index in [-0.39, 0.29) is 12.2 Å². The molecule has 0 saturated heterocycles. The molecular formula is C23H20ClN5O3. The molecule has 0 saturated carbocycles. The Morgan fingerprint density at radius 1 is 1.09 bits per heavy atom. The van der Waals surface area contributed by atoms with E-state index in [0.717, 1.165) is 5.56 Å². The fourth-order valence-corrected chi connectivity index (χ4v) is 3.48. The van der Waals surface area contributed by atoms with Crippen molar-refractivity contribution in [2.24, 2.45) is 0 Å². The second kappa shape index (κ2) is 9.49. The van der Waals surface area contributed by atoms with Crippen LogP contribution in [0.5, 0.6) is 11.5 Å².